The second kappa shape index (κ2) is 6.05. The van der Waals surface area contributed by atoms with Gasteiger partial charge in [-0.1, -0.05) is 44.2 Å². The first-order chi connectivity index (χ1) is 9.16. The number of anilines is 3. The molecule has 0 unspecified atom stereocenters. The fourth-order valence-electron chi connectivity index (χ4n) is 1.66. The molecule has 0 bridgehead atoms. The van der Waals surface area contributed by atoms with Gasteiger partial charge in [-0.25, -0.2) is 0 Å². The van der Waals surface area contributed by atoms with E-state index < -0.39 is 0 Å². The molecule has 3 nitrogen and oxygen atoms in total. The predicted molar refractivity (Wildman–Crippen MR) is 79.6 cm³/mol. The molecule has 0 saturated heterocycles. The van der Waals surface area contributed by atoms with Gasteiger partial charge in [0.15, 0.2) is 0 Å². The first kappa shape index (κ1) is 13.1. The van der Waals surface area contributed by atoms with Gasteiger partial charge in [0.05, 0.1) is 11.4 Å². The van der Waals surface area contributed by atoms with Crippen LogP contribution in [0.3, 0.4) is 0 Å². The zero-order valence-electron chi connectivity index (χ0n) is 11.2. The fourth-order valence-corrected chi connectivity index (χ4v) is 1.66. The van der Waals surface area contributed by atoms with Gasteiger partial charge in [0, 0.05) is 11.6 Å². The van der Waals surface area contributed by atoms with E-state index in [1.54, 1.807) is 0 Å². The van der Waals surface area contributed by atoms with Crippen molar-refractivity contribution in [3.8, 4) is 0 Å². The third-order valence-electron chi connectivity index (χ3n) is 2.76. The molecule has 0 aliphatic carbocycles. The molecule has 98 valence electrons. The largest absolute Gasteiger partial charge is 0.354 e. The van der Waals surface area contributed by atoms with E-state index in [9.17, 15) is 4.79 Å². The van der Waals surface area contributed by atoms with Crippen LogP contribution >= 0.6 is 0 Å². The smallest absolute Gasteiger partial charge is 0.226 e. The Morgan fingerprint density at radius 2 is 1.47 bits per heavy atom. The number of para-hydroxylation sites is 3. The SMILES string of the molecule is CC(C)C(=O)Nc1ccccc1Nc1ccccc1. The highest BCUT2D eigenvalue weighted by atomic mass is 16.1. The summed E-state index contributed by atoms with van der Waals surface area (Å²) in [5.74, 6) is -0.0212. The van der Waals surface area contributed by atoms with Crippen LogP contribution in [0.15, 0.2) is 54.6 Å². The summed E-state index contributed by atoms with van der Waals surface area (Å²) in [7, 11) is 0. The van der Waals surface area contributed by atoms with Gasteiger partial charge in [-0.3, -0.25) is 4.79 Å². The molecular formula is C16H18N2O. The molecule has 19 heavy (non-hydrogen) atoms. The molecule has 3 heteroatoms. The van der Waals surface area contributed by atoms with Gasteiger partial charge in [0.1, 0.15) is 0 Å². The van der Waals surface area contributed by atoms with Crippen molar-refractivity contribution in [2.75, 3.05) is 10.6 Å². The van der Waals surface area contributed by atoms with E-state index in [0.717, 1.165) is 17.1 Å². The Kier molecular flexibility index (Phi) is 4.18. The molecule has 0 saturated carbocycles. The molecule has 0 spiro atoms. The maximum atomic E-state index is 11.8. The van der Waals surface area contributed by atoms with Gasteiger partial charge in [0.2, 0.25) is 5.91 Å². The lowest BCUT2D eigenvalue weighted by Crippen LogP contribution is -2.18. The molecule has 0 heterocycles. The molecule has 0 aliphatic rings. The van der Waals surface area contributed by atoms with Crippen LogP contribution in [0, 0.1) is 5.92 Å². The van der Waals surface area contributed by atoms with Gasteiger partial charge in [-0.2, -0.15) is 0 Å². The highest BCUT2D eigenvalue weighted by molar-refractivity contribution is 5.95. The molecule has 2 aromatic rings. The number of nitrogens with one attached hydrogen (secondary N) is 2. The summed E-state index contributed by atoms with van der Waals surface area (Å²) in [6.45, 7) is 3.76. The normalized spacial score (nSPS) is 10.3. The second-order valence-electron chi connectivity index (χ2n) is 4.68. The van der Waals surface area contributed by atoms with Crippen LogP contribution in [0.1, 0.15) is 13.8 Å². The average Bonchev–Trinajstić information content (AvgIpc) is 2.42. The molecule has 0 aliphatic heterocycles. The summed E-state index contributed by atoms with van der Waals surface area (Å²) in [6, 6.07) is 17.6. The molecule has 1 amide bonds. The lowest BCUT2D eigenvalue weighted by Gasteiger charge is -2.14. The summed E-state index contributed by atoms with van der Waals surface area (Å²) in [4.78, 5) is 11.8. The molecular weight excluding hydrogens is 236 g/mol. The summed E-state index contributed by atoms with van der Waals surface area (Å²) < 4.78 is 0. The first-order valence-corrected chi connectivity index (χ1v) is 6.39. The van der Waals surface area contributed by atoms with Gasteiger partial charge in [-0.05, 0) is 24.3 Å². The predicted octanol–water partition coefficient (Wildman–Crippen LogP) is 4.02. The van der Waals surface area contributed by atoms with Crippen LogP contribution in [0.4, 0.5) is 17.1 Å². The van der Waals surface area contributed by atoms with E-state index in [4.69, 9.17) is 0 Å². The number of hydrogen-bond acceptors (Lipinski definition) is 2. The Labute approximate surface area is 113 Å². The Morgan fingerprint density at radius 1 is 0.895 bits per heavy atom. The Bertz CT molecular complexity index is 550. The molecule has 2 aromatic carbocycles. The summed E-state index contributed by atoms with van der Waals surface area (Å²) in [5.41, 5.74) is 2.68. The average molecular weight is 254 g/mol. The van der Waals surface area contributed by atoms with Crippen molar-refractivity contribution in [1.29, 1.82) is 0 Å². The van der Waals surface area contributed by atoms with Crippen molar-refractivity contribution >= 4 is 23.0 Å². The van der Waals surface area contributed by atoms with Crippen LogP contribution < -0.4 is 10.6 Å². The van der Waals surface area contributed by atoms with Gasteiger partial charge >= 0.3 is 0 Å². The monoisotopic (exact) mass is 254 g/mol. The van der Waals surface area contributed by atoms with Crippen molar-refractivity contribution < 1.29 is 4.79 Å². The maximum absolute atomic E-state index is 11.8. The molecule has 0 atom stereocenters. The van der Waals surface area contributed by atoms with Gasteiger partial charge < -0.3 is 10.6 Å². The second-order valence-corrected chi connectivity index (χ2v) is 4.68. The first-order valence-electron chi connectivity index (χ1n) is 6.39. The van der Waals surface area contributed by atoms with Crippen molar-refractivity contribution in [2.24, 2.45) is 5.92 Å². The van der Waals surface area contributed by atoms with E-state index in [1.807, 2.05) is 68.4 Å². The summed E-state index contributed by atoms with van der Waals surface area (Å²) in [6.07, 6.45) is 0. The minimum atomic E-state index is -0.0372. The molecule has 2 N–H and O–H groups in total. The van der Waals surface area contributed by atoms with Gasteiger partial charge in [-0.15, -0.1) is 0 Å². The summed E-state index contributed by atoms with van der Waals surface area (Å²) >= 11 is 0. The number of rotatable bonds is 4. The Hall–Kier alpha value is -2.29. The quantitative estimate of drug-likeness (QED) is 0.865. The minimum Gasteiger partial charge on any atom is -0.354 e. The van der Waals surface area contributed by atoms with E-state index in [0.29, 0.717) is 0 Å². The Morgan fingerprint density at radius 3 is 2.11 bits per heavy atom. The lowest BCUT2D eigenvalue weighted by atomic mass is 10.2. The van der Waals surface area contributed by atoms with Crippen molar-refractivity contribution in [2.45, 2.75) is 13.8 Å². The van der Waals surface area contributed by atoms with Crippen LogP contribution in [0.25, 0.3) is 0 Å². The standard InChI is InChI=1S/C16H18N2O/c1-12(2)16(19)18-15-11-7-6-10-14(15)17-13-8-4-3-5-9-13/h3-12,17H,1-2H3,(H,18,19). The zero-order chi connectivity index (χ0) is 13.7. The topological polar surface area (TPSA) is 41.1 Å². The molecule has 0 radical (unpaired) electrons. The number of amides is 1. The molecule has 0 fully saturated rings. The lowest BCUT2D eigenvalue weighted by molar-refractivity contribution is -0.118. The zero-order valence-corrected chi connectivity index (χ0v) is 11.2. The van der Waals surface area contributed by atoms with E-state index in [-0.39, 0.29) is 11.8 Å². The van der Waals surface area contributed by atoms with Crippen LogP contribution in [-0.2, 0) is 4.79 Å². The van der Waals surface area contributed by atoms with Crippen LogP contribution in [0.5, 0.6) is 0 Å². The molecule has 0 aromatic heterocycles. The number of carbonyl (C=O) groups is 1. The van der Waals surface area contributed by atoms with E-state index in [2.05, 4.69) is 10.6 Å². The van der Waals surface area contributed by atoms with Gasteiger partial charge in [0.25, 0.3) is 0 Å². The van der Waals surface area contributed by atoms with E-state index in [1.165, 1.54) is 0 Å². The molecule has 2 rings (SSSR count). The highest BCUT2D eigenvalue weighted by Gasteiger charge is 2.09. The van der Waals surface area contributed by atoms with Crippen molar-refractivity contribution in [3.63, 3.8) is 0 Å². The third kappa shape index (κ3) is 3.58. The Balaban J connectivity index is 2.19. The summed E-state index contributed by atoms with van der Waals surface area (Å²) in [5, 5.41) is 6.23. The maximum Gasteiger partial charge on any atom is 0.226 e. The third-order valence-corrected chi connectivity index (χ3v) is 2.76. The van der Waals surface area contributed by atoms with Crippen molar-refractivity contribution in [1.82, 2.24) is 0 Å². The van der Waals surface area contributed by atoms with E-state index >= 15 is 0 Å². The van der Waals surface area contributed by atoms with Crippen LogP contribution in [0.2, 0.25) is 0 Å². The van der Waals surface area contributed by atoms with Crippen molar-refractivity contribution in [3.05, 3.63) is 54.6 Å². The number of carbonyl (C=O) groups excluding carboxylic acids is 1. The number of benzene rings is 2. The number of hydrogen-bond donors (Lipinski definition) is 2. The highest BCUT2D eigenvalue weighted by Crippen LogP contribution is 2.25. The van der Waals surface area contributed by atoms with Crippen LogP contribution in [-0.4, -0.2) is 5.91 Å². The fraction of sp³-hybridized carbons (Fsp3) is 0.188. The minimum absolute atomic E-state index is 0.0160.